The van der Waals surface area contributed by atoms with Crippen LogP contribution in [0.5, 0.6) is 0 Å². The number of hydrogen-bond acceptors (Lipinski definition) is 5. The van der Waals surface area contributed by atoms with Gasteiger partial charge < -0.3 is 5.73 Å². The third-order valence-electron chi connectivity index (χ3n) is 3.45. The molecule has 5 nitrogen and oxygen atoms in total. The highest BCUT2D eigenvalue weighted by atomic mass is 79.9. The summed E-state index contributed by atoms with van der Waals surface area (Å²) in [4.78, 5) is 14.8. The van der Waals surface area contributed by atoms with Crippen molar-refractivity contribution in [3.8, 4) is 0 Å². The van der Waals surface area contributed by atoms with Crippen LogP contribution in [0.2, 0.25) is 0 Å². The number of thiazole rings is 1. The first kappa shape index (κ1) is 16.1. The second-order valence-electron chi connectivity index (χ2n) is 5.12. The average molecular weight is 370 g/mol. The molecule has 2 N–H and O–H groups in total. The predicted molar refractivity (Wildman–Crippen MR) is 88.1 cm³/mol. The molecule has 0 radical (unpaired) electrons. The van der Waals surface area contributed by atoms with Crippen LogP contribution in [0.1, 0.15) is 41.1 Å². The zero-order chi connectivity index (χ0) is 14.1. The lowest BCUT2D eigenvalue weighted by Gasteiger charge is -2.08. The molecule has 1 aliphatic rings. The molecule has 21 heavy (non-hydrogen) atoms. The van der Waals surface area contributed by atoms with E-state index in [4.69, 9.17) is 5.73 Å². The van der Waals surface area contributed by atoms with Crippen LogP contribution in [0.4, 0.5) is 5.69 Å². The van der Waals surface area contributed by atoms with E-state index >= 15 is 0 Å². The van der Waals surface area contributed by atoms with Crippen molar-refractivity contribution in [1.82, 2.24) is 4.98 Å². The van der Waals surface area contributed by atoms with Gasteiger partial charge in [-0.3, -0.25) is 10.1 Å². The fraction of sp³-hybridized carbons (Fsp3) is 0.357. The van der Waals surface area contributed by atoms with Crippen molar-refractivity contribution in [1.29, 1.82) is 0 Å². The Balaban J connectivity index is 0.00000161. The van der Waals surface area contributed by atoms with E-state index in [1.807, 2.05) is 5.38 Å². The van der Waals surface area contributed by atoms with E-state index in [1.165, 1.54) is 30.0 Å². The van der Waals surface area contributed by atoms with E-state index in [9.17, 15) is 10.1 Å². The molecule has 3 rings (SSSR count). The summed E-state index contributed by atoms with van der Waals surface area (Å²) in [6.07, 6.45) is 3.13. The molecule has 0 amide bonds. The first-order valence-corrected chi connectivity index (χ1v) is 7.45. The maximum atomic E-state index is 10.6. The van der Waals surface area contributed by atoms with E-state index in [2.05, 4.69) is 4.98 Å². The van der Waals surface area contributed by atoms with Gasteiger partial charge >= 0.3 is 0 Å². The van der Waals surface area contributed by atoms with E-state index < -0.39 is 4.92 Å². The molecule has 1 atom stereocenters. The van der Waals surface area contributed by atoms with Crippen molar-refractivity contribution in [2.45, 2.75) is 31.2 Å². The SMILES string of the molecule is Br.N[C@@H](Cc1ccc([N+](=O)[O-])cc1)c1csc(C2CC2)n1. The van der Waals surface area contributed by atoms with Gasteiger partial charge in [0.25, 0.3) is 5.69 Å². The molecule has 112 valence electrons. The van der Waals surface area contributed by atoms with E-state index in [-0.39, 0.29) is 28.7 Å². The van der Waals surface area contributed by atoms with Gasteiger partial charge in [0.1, 0.15) is 0 Å². The van der Waals surface area contributed by atoms with Gasteiger partial charge in [0.2, 0.25) is 0 Å². The highest BCUT2D eigenvalue weighted by molar-refractivity contribution is 8.93. The van der Waals surface area contributed by atoms with Crippen LogP contribution in [0.3, 0.4) is 0 Å². The van der Waals surface area contributed by atoms with Crippen molar-refractivity contribution in [2.75, 3.05) is 0 Å². The summed E-state index contributed by atoms with van der Waals surface area (Å²) in [5.41, 5.74) is 8.19. The van der Waals surface area contributed by atoms with Crippen LogP contribution < -0.4 is 5.73 Å². The average Bonchev–Trinajstić information content (AvgIpc) is 3.17. The van der Waals surface area contributed by atoms with E-state index in [0.717, 1.165) is 11.3 Å². The maximum absolute atomic E-state index is 10.6. The molecule has 0 unspecified atom stereocenters. The van der Waals surface area contributed by atoms with Crippen molar-refractivity contribution >= 4 is 34.0 Å². The highest BCUT2D eigenvalue weighted by Gasteiger charge is 2.27. The maximum Gasteiger partial charge on any atom is 0.269 e. The number of nitrogens with two attached hydrogens (primary N) is 1. The lowest BCUT2D eigenvalue weighted by molar-refractivity contribution is -0.384. The largest absolute Gasteiger partial charge is 0.322 e. The number of nitro groups is 1. The van der Waals surface area contributed by atoms with E-state index in [0.29, 0.717) is 12.3 Å². The van der Waals surface area contributed by atoms with Crippen LogP contribution in [0, 0.1) is 10.1 Å². The number of nitro benzene ring substituents is 1. The minimum Gasteiger partial charge on any atom is -0.322 e. The second-order valence-corrected chi connectivity index (χ2v) is 6.01. The fourth-order valence-electron chi connectivity index (χ4n) is 2.10. The second kappa shape index (κ2) is 6.64. The molecule has 0 saturated heterocycles. The van der Waals surface area contributed by atoms with Crippen molar-refractivity contribution in [2.24, 2.45) is 5.73 Å². The zero-order valence-electron chi connectivity index (χ0n) is 11.3. The molecule has 1 fully saturated rings. The molecule has 2 aromatic rings. The molecule has 1 saturated carbocycles. The summed E-state index contributed by atoms with van der Waals surface area (Å²) in [5.74, 6) is 0.653. The van der Waals surface area contributed by atoms with Crippen LogP contribution in [-0.4, -0.2) is 9.91 Å². The predicted octanol–water partition coefficient (Wildman–Crippen LogP) is 3.75. The molecule has 1 aromatic heterocycles. The van der Waals surface area contributed by atoms with Gasteiger partial charge in [-0.1, -0.05) is 12.1 Å². The standard InChI is InChI=1S/C14H15N3O2S.BrH/c15-12(13-8-20-14(16-13)10-3-4-10)7-9-1-5-11(6-2-9)17(18)19;/h1-2,5-6,8,10,12H,3-4,7,15H2;1H/t12-;/m0./s1. The number of nitrogens with zero attached hydrogens (tertiary/aromatic N) is 2. The summed E-state index contributed by atoms with van der Waals surface area (Å²) < 4.78 is 0. The van der Waals surface area contributed by atoms with Gasteiger partial charge in [0, 0.05) is 23.4 Å². The normalized spacial score (nSPS) is 15.3. The molecule has 1 aromatic carbocycles. The molecular formula is C14H16BrN3O2S. The Kier molecular flexibility index (Phi) is 5.08. The lowest BCUT2D eigenvalue weighted by atomic mass is 10.0. The number of halogens is 1. The Labute approximate surface area is 137 Å². The number of hydrogen-bond donors (Lipinski definition) is 1. The minimum absolute atomic E-state index is 0. The first-order chi connectivity index (χ1) is 9.63. The zero-order valence-corrected chi connectivity index (χ0v) is 13.8. The lowest BCUT2D eigenvalue weighted by Crippen LogP contribution is -2.13. The summed E-state index contributed by atoms with van der Waals surface area (Å²) in [6.45, 7) is 0. The number of non-ortho nitro benzene ring substituents is 1. The number of rotatable bonds is 5. The van der Waals surface area contributed by atoms with Gasteiger partial charge in [-0.25, -0.2) is 4.98 Å². The van der Waals surface area contributed by atoms with Crippen molar-refractivity contribution in [3.05, 3.63) is 56.0 Å². The molecule has 1 aliphatic carbocycles. The quantitative estimate of drug-likeness (QED) is 0.642. The highest BCUT2D eigenvalue weighted by Crippen LogP contribution is 2.41. The van der Waals surface area contributed by atoms with E-state index in [1.54, 1.807) is 23.5 Å². The topological polar surface area (TPSA) is 82.0 Å². The molecule has 7 heteroatoms. The van der Waals surface area contributed by atoms with Crippen molar-refractivity contribution in [3.63, 3.8) is 0 Å². The Morgan fingerprint density at radius 1 is 1.38 bits per heavy atom. The van der Waals surface area contributed by atoms with Crippen molar-refractivity contribution < 1.29 is 4.92 Å². The summed E-state index contributed by atoms with van der Waals surface area (Å²) in [7, 11) is 0. The smallest absolute Gasteiger partial charge is 0.269 e. The summed E-state index contributed by atoms with van der Waals surface area (Å²) >= 11 is 1.68. The fourth-order valence-corrected chi connectivity index (χ4v) is 3.16. The Morgan fingerprint density at radius 3 is 2.62 bits per heavy atom. The van der Waals surface area contributed by atoms with Gasteiger partial charge in [-0.2, -0.15) is 0 Å². The minimum atomic E-state index is -0.397. The Morgan fingerprint density at radius 2 is 2.05 bits per heavy atom. The van der Waals surface area contributed by atoms with Gasteiger partial charge in [-0.15, -0.1) is 28.3 Å². The molecule has 0 bridgehead atoms. The molecular weight excluding hydrogens is 354 g/mol. The van der Waals surface area contributed by atoms with Crippen LogP contribution >= 0.6 is 28.3 Å². The molecule has 0 spiro atoms. The monoisotopic (exact) mass is 369 g/mol. The number of benzene rings is 1. The van der Waals surface area contributed by atoms with Gasteiger partial charge in [0.05, 0.1) is 21.7 Å². The van der Waals surface area contributed by atoms with Gasteiger partial charge in [0.15, 0.2) is 0 Å². The summed E-state index contributed by atoms with van der Waals surface area (Å²) in [5, 5.41) is 13.8. The van der Waals surface area contributed by atoms with Gasteiger partial charge in [-0.05, 0) is 24.8 Å². The number of aromatic nitrogens is 1. The third kappa shape index (κ3) is 3.87. The Hall–Kier alpha value is -1.31. The van der Waals surface area contributed by atoms with Crippen LogP contribution in [0.15, 0.2) is 29.6 Å². The summed E-state index contributed by atoms with van der Waals surface area (Å²) in [6, 6.07) is 6.38. The Bertz CT molecular complexity index is 625. The first-order valence-electron chi connectivity index (χ1n) is 6.57. The van der Waals surface area contributed by atoms with Crippen LogP contribution in [-0.2, 0) is 6.42 Å². The third-order valence-corrected chi connectivity index (χ3v) is 4.47. The molecule has 1 heterocycles. The van der Waals surface area contributed by atoms with Crippen LogP contribution in [0.25, 0.3) is 0 Å². The molecule has 0 aliphatic heterocycles.